The van der Waals surface area contributed by atoms with Crippen molar-refractivity contribution in [3.63, 3.8) is 0 Å². The fourth-order valence-corrected chi connectivity index (χ4v) is 8.50. The summed E-state index contributed by atoms with van der Waals surface area (Å²) in [7, 11) is -7.48. The second kappa shape index (κ2) is 11.0. The van der Waals surface area contributed by atoms with Gasteiger partial charge in [0.25, 0.3) is 0 Å². The largest absolute Gasteiger partial charge is 0.409 e. The van der Waals surface area contributed by atoms with Crippen molar-refractivity contribution in [2.24, 2.45) is 0 Å². The average molecular weight is 609 g/mol. The maximum Gasteiger partial charge on any atom is 0.249 e. The zero-order chi connectivity index (χ0) is 30.5. The minimum absolute atomic E-state index is 0.0938. The Hall–Kier alpha value is -1.41. The molecule has 0 unspecified atom stereocenters. The van der Waals surface area contributed by atoms with Crippen molar-refractivity contribution in [2.75, 3.05) is 0 Å². The van der Waals surface area contributed by atoms with Gasteiger partial charge in [-0.2, -0.15) is 5.26 Å². The van der Waals surface area contributed by atoms with Gasteiger partial charge in [-0.05, 0) is 63.0 Å². The number of nitriles is 1. The van der Waals surface area contributed by atoms with Crippen molar-refractivity contribution in [3.8, 4) is 6.07 Å². The number of hydroxylamine groups is 2. The molecule has 0 aromatic heterocycles. The fraction of sp³-hybridized carbons (Fsp3) is 0.714. The van der Waals surface area contributed by atoms with Gasteiger partial charge in [0.2, 0.25) is 11.5 Å². The molecule has 2 aliphatic rings. The third-order valence-electron chi connectivity index (χ3n) is 8.04. The van der Waals surface area contributed by atoms with E-state index < -0.39 is 60.5 Å². The first-order valence-electron chi connectivity index (χ1n) is 13.9. The van der Waals surface area contributed by atoms with Crippen LogP contribution in [-0.2, 0) is 29.5 Å². The third-order valence-corrected chi connectivity index (χ3v) is 14.4. The second-order valence-corrected chi connectivity index (χ2v) is 28.3. The van der Waals surface area contributed by atoms with E-state index in [0.717, 1.165) is 5.56 Å². The number of hydrogen-bond acceptors (Lipinski definition) is 8. The Bertz CT molecular complexity index is 1110. The van der Waals surface area contributed by atoms with E-state index in [2.05, 4.69) is 26.8 Å². The van der Waals surface area contributed by atoms with E-state index in [9.17, 15) is 20.3 Å². The zero-order valence-electron chi connectivity index (χ0n) is 25.9. The van der Waals surface area contributed by atoms with E-state index in [1.54, 1.807) is 0 Å². The lowest BCUT2D eigenvalue weighted by atomic mass is 9.62. The molecule has 6 atom stereocenters. The monoisotopic (exact) mass is 608 g/mol. The van der Waals surface area contributed by atoms with Crippen LogP contribution >= 0.6 is 0 Å². The van der Waals surface area contributed by atoms with Crippen molar-refractivity contribution in [3.05, 3.63) is 35.9 Å². The molecule has 1 aliphatic carbocycles. The quantitative estimate of drug-likeness (QED) is 0.238. The molecule has 2 N–H and O–H groups in total. The summed E-state index contributed by atoms with van der Waals surface area (Å²) in [5.41, 5.74) is -2.82. The van der Waals surface area contributed by atoms with E-state index in [1.807, 2.05) is 82.7 Å². The Morgan fingerprint density at radius 2 is 1.48 bits per heavy atom. The highest BCUT2D eigenvalue weighted by molar-refractivity contribution is 6.74. The van der Waals surface area contributed by atoms with Crippen LogP contribution in [0.5, 0.6) is 0 Å². The Morgan fingerprint density at radius 3 is 1.93 bits per heavy atom. The number of aliphatic hydroxyl groups is 2. The number of nitrogens with zero attached hydrogens (tertiary/aromatic N) is 2. The van der Waals surface area contributed by atoms with Gasteiger partial charge in [-0.25, -0.2) is 5.06 Å². The molecular weight excluding hydrogens is 561 g/mol. The van der Waals surface area contributed by atoms with E-state index in [1.165, 1.54) is 5.06 Å². The summed E-state index contributed by atoms with van der Waals surface area (Å²) in [6, 6.07) is 11.5. The molecule has 1 amide bonds. The molecule has 9 nitrogen and oxygen atoms in total. The van der Waals surface area contributed by atoms with Crippen LogP contribution in [0.3, 0.4) is 0 Å². The van der Waals surface area contributed by atoms with E-state index in [4.69, 9.17) is 18.1 Å². The first kappa shape index (κ1) is 33.1. The number of carbonyl (C=O) groups excluding carboxylic acids is 1. The summed E-state index contributed by atoms with van der Waals surface area (Å²) < 4.78 is 20.0. The summed E-state index contributed by atoms with van der Waals surface area (Å²) in [5.74, 6) is -0.320. The van der Waals surface area contributed by atoms with E-state index in [-0.39, 0.29) is 24.0 Å². The summed E-state index contributed by atoms with van der Waals surface area (Å²) in [6.45, 7) is 22.1. The van der Waals surface area contributed by atoms with Gasteiger partial charge in [-0.15, -0.1) is 0 Å². The summed E-state index contributed by atoms with van der Waals surface area (Å²) >= 11 is 0. The number of rotatable bonds is 9. The lowest BCUT2D eigenvalue weighted by Crippen LogP contribution is -2.87. The predicted octanol–water partition coefficient (Wildman–Crippen LogP) is 4.55. The summed E-state index contributed by atoms with van der Waals surface area (Å²) in [5, 5.41) is 35.8. The van der Waals surface area contributed by atoms with Crippen molar-refractivity contribution < 1.29 is 33.1 Å². The van der Waals surface area contributed by atoms with E-state index >= 15 is 0 Å². The van der Waals surface area contributed by atoms with Gasteiger partial charge in [0, 0.05) is 0 Å². The topological polar surface area (TPSA) is 121 Å². The fourth-order valence-electron chi connectivity index (χ4n) is 5.05. The van der Waals surface area contributed by atoms with Crippen LogP contribution in [0, 0.1) is 11.3 Å². The highest BCUT2D eigenvalue weighted by atomic mass is 28.4. The number of benzene rings is 1. The van der Waals surface area contributed by atoms with Crippen LogP contribution in [0.2, 0.25) is 57.4 Å². The molecule has 1 aliphatic heterocycles. The van der Waals surface area contributed by atoms with Crippen LogP contribution in [-0.4, -0.2) is 81.7 Å². The van der Waals surface area contributed by atoms with Gasteiger partial charge in [-0.1, -0.05) is 51.1 Å². The lowest BCUT2D eigenvalue weighted by molar-refractivity contribution is -0.342. The SMILES string of the molecule is CC(C)(C)[Si](C)(C)O[C@H]1[C@@H](O[Si](C)(C)C)[C@@]2(CC(=O)N2OCc2ccccc2)[C@H](O)[C@H](O[Si](C)(C)C)[C@@]1(O)C#N. The minimum Gasteiger partial charge on any atom is -0.409 e. The van der Waals surface area contributed by atoms with Crippen LogP contribution in [0.1, 0.15) is 32.8 Å². The summed E-state index contributed by atoms with van der Waals surface area (Å²) in [4.78, 5) is 19.3. The highest BCUT2D eigenvalue weighted by Crippen LogP contribution is 2.53. The predicted molar refractivity (Wildman–Crippen MR) is 161 cm³/mol. The van der Waals surface area contributed by atoms with Crippen LogP contribution in [0.4, 0.5) is 0 Å². The van der Waals surface area contributed by atoms with Gasteiger partial charge < -0.3 is 23.5 Å². The molecule has 1 spiro atoms. The molecule has 40 heavy (non-hydrogen) atoms. The van der Waals surface area contributed by atoms with Crippen molar-refractivity contribution in [2.45, 2.75) is 127 Å². The zero-order valence-corrected chi connectivity index (χ0v) is 28.9. The van der Waals surface area contributed by atoms with Gasteiger partial charge in [-0.3, -0.25) is 9.63 Å². The van der Waals surface area contributed by atoms with Crippen LogP contribution < -0.4 is 0 Å². The van der Waals surface area contributed by atoms with Gasteiger partial charge in [0.05, 0.1) is 6.42 Å². The molecule has 224 valence electrons. The first-order valence-corrected chi connectivity index (χ1v) is 23.7. The number of β-lactam (4-membered cyclic amide) rings is 1. The highest BCUT2D eigenvalue weighted by Gasteiger charge is 2.76. The summed E-state index contributed by atoms with van der Waals surface area (Å²) in [6.07, 6.45) is -5.16. The van der Waals surface area contributed by atoms with Gasteiger partial charge >= 0.3 is 0 Å². The average Bonchev–Trinajstić information content (AvgIpc) is 2.80. The molecule has 1 saturated heterocycles. The third kappa shape index (κ3) is 6.33. The smallest absolute Gasteiger partial charge is 0.249 e. The molecule has 1 aromatic rings. The van der Waals surface area contributed by atoms with Gasteiger partial charge in [0.15, 0.2) is 25.0 Å². The Morgan fingerprint density at radius 1 is 0.950 bits per heavy atom. The van der Waals surface area contributed by atoms with Gasteiger partial charge in [0.1, 0.15) is 42.6 Å². The van der Waals surface area contributed by atoms with Crippen molar-refractivity contribution in [1.82, 2.24) is 5.06 Å². The molecule has 1 heterocycles. The van der Waals surface area contributed by atoms with Crippen LogP contribution in [0.15, 0.2) is 30.3 Å². The molecule has 3 rings (SSSR count). The first-order chi connectivity index (χ1) is 18.1. The van der Waals surface area contributed by atoms with Crippen molar-refractivity contribution in [1.29, 1.82) is 5.26 Å². The molecule has 0 bridgehead atoms. The Balaban J connectivity index is 2.23. The minimum atomic E-state index is -2.63. The molecule has 0 radical (unpaired) electrons. The second-order valence-electron chi connectivity index (χ2n) is 14.6. The maximum absolute atomic E-state index is 13.2. The number of carbonyl (C=O) groups is 1. The molecule has 2 fully saturated rings. The number of hydrogen-bond donors (Lipinski definition) is 2. The molecule has 12 heteroatoms. The maximum atomic E-state index is 13.2. The van der Waals surface area contributed by atoms with E-state index in [0.29, 0.717) is 0 Å². The number of amides is 1. The number of aliphatic hydroxyl groups excluding tert-OH is 1. The molecular formula is C28H48N2O7Si3. The molecule has 1 saturated carbocycles. The molecule has 1 aromatic carbocycles. The lowest BCUT2D eigenvalue weighted by Gasteiger charge is -2.65. The normalized spacial score (nSPS) is 31.7. The van der Waals surface area contributed by atoms with Crippen molar-refractivity contribution >= 4 is 30.9 Å². The standard InChI is InChI=1S/C28H48N2O7Si3/c1-26(2,3)40(10,11)37-25-24(36-39(7,8)9)27(22(32)23(28(25,33)19-29)35-38(4,5)6)17-21(31)30(27)34-18-20-15-13-12-14-16-20/h12-16,22-25,32-33H,17-18H2,1-11H3/t22-,23+,24-,25+,27-,28+/m1/s1. The Labute approximate surface area is 242 Å². The van der Waals surface area contributed by atoms with Crippen LogP contribution in [0.25, 0.3) is 0 Å². The Kier molecular flexibility index (Phi) is 9.12.